The minimum atomic E-state index is -0.769. The zero-order chi connectivity index (χ0) is 14.4. The number of hydrogen-bond donors (Lipinski definition) is 1. The number of carboxylic acid groups (broad SMARTS) is 1. The van der Waals surface area contributed by atoms with Crippen LogP contribution in [0, 0.1) is 0 Å². The van der Waals surface area contributed by atoms with Crippen LogP contribution in [0.1, 0.15) is 38.5 Å². The van der Waals surface area contributed by atoms with Crippen molar-refractivity contribution >= 4 is 49.6 Å². The molecule has 0 aromatic rings. The molecule has 7 heteroatoms. The van der Waals surface area contributed by atoms with E-state index in [9.17, 15) is 14.4 Å². The van der Waals surface area contributed by atoms with Gasteiger partial charge >= 0.3 is 5.97 Å². The summed E-state index contributed by atoms with van der Waals surface area (Å²) in [7, 11) is 0. The van der Waals surface area contributed by atoms with E-state index in [2.05, 4.69) is 31.9 Å². The van der Waals surface area contributed by atoms with Gasteiger partial charge in [0.1, 0.15) is 8.96 Å². The summed E-state index contributed by atoms with van der Waals surface area (Å²) in [6.07, 6.45) is 4.28. The van der Waals surface area contributed by atoms with Gasteiger partial charge in [0, 0.05) is 13.0 Å². The normalized spacial score (nSPS) is 15.6. The number of unbranched alkanes of at least 4 members (excludes halogenated alkanes) is 4. The number of nitrogens with zero attached hydrogens (tertiary/aromatic N) is 1. The zero-order valence-corrected chi connectivity index (χ0v) is 13.5. The van der Waals surface area contributed by atoms with Gasteiger partial charge in [0.05, 0.1) is 0 Å². The van der Waals surface area contributed by atoms with Gasteiger partial charge in [-0.2, -0.15) is 0 Å². The lowest BCUT2D eigenvalue weighted by molar-refractivity contribution is -0.138. The fraction of sp³-hybridized carbons (Fsp3) is 0.583. The van der Waals surface area contributed by atoms with Gasteiger partial charge in [-0.3, -0.25) is 19.3 Å². The lowest BCUT2D eigenvalue weighted by atomic mass is 10.1. The van der Waals surface area contributed by atoms with Crippen LogP contribution < -0.4 is 0 Å². The van der Waals surface area contributed by atoms with E-state index in [1.807, 2.05) is 0 Å². The van der Waals surface area contributed by atoms with Crippen molar-refractivity contribution in [2.75, 3.05) is 6.54 Å². The van der Waals surface area contributed by atoms with Crippen molar-refractivity contribution in [3.05, 3.63) is 8.96 Å². The maximum atomic E-state index is 11.7. The molecule has 2 amide bonds. The van der Waals surface area contributed by atoms with E-state index in [1.165, 1.54) is 4.90 Å². The molecule has 0 aromatic carbocycles. The summed E-state index contributed by atoms with van der Waals surface area (Å²) in [5.74, 6) is -1.38. The summed E-state index contributed by atoms with van der Waals surface area (Å²) in [6, 6.07) is 0. The van der Waals surface area contributed by atoms with Gasteiger partial charge in [-0.1, -0.05) is 19.3 Å². The first-order valence-corrected chi connectivity index (χ1v) is 7.67. The molecule has 0 spiro atoms. The smallest absolute Gasteiger partial charge is 0.303 e. The Hall–Kier alpha value is -0.690. The first-order valence-electron chi connectivity index (χ1n) is 6.08. The second kappa shape index (κ2) is 7.79. The average Bonchev–Trinajstić information content (AvgIpc) is 2.54. The van der Waals surface area contributed by atoms with E-state index in [0.29, 0.717) is 13.0 Å². The van der Waals surface area contributed by atoms with E-state index in [0.717, 1.165) is 25.7 Å². The van der Waals surface area contributed by atoms with Crippen molar-refractivity contribution < 1.29 is 19.5 Å². The Balaban J connectivity index is 2.16. The topological polar surface area (TPSA) is 74.7 Å². The molecule has 5 nitrogen and oxygen atoms in total. The number of carbonyl (C=O) groups is 3. The number of aliphatic carboxylic acids is 1. The van der Waals surface area contributed by atoms with Gasteiger partial charge < -0.3 is 5.11 Å². The molecule has 0 saturated carbocycles. The van der Waals surface area contributed by atoms with Crippen LogP contribution in [0.2, 0.25) is 0 Å². The average molecular weight is 397 g/mol. The third-order valence-corrected chi connectivity index (χ3v) is 4.83. The largest absolute Gasteiger partial charge is 0.481 e. The summed E-state index contributed by atoms with van der Waals surface area (Å²) < 4.78 is 0.554. The van der Waals surface area contributed by atoms with Crippen LogP contribution in [-0.4, -0.2) is 34.3 Å². The fourth-order valence-corrected chi connectivity index (χ4v) is 2.56. The maximum Gasteiger partial charge on any atom is 0.303 e. The molecule has 0 bridgehead atoms. The number of imide groups is 1. The standard InChI is InChI=1S/C12H15Br2NO4/c13-9-10(14)12(19)15(11(9)18)7-5-3-1-2-4-6-8(16)17/h1-7H2,(H,16,17). The molecule has 0 unspecified atom stereocenters. The molecule has 1 N–H and O–H groups in total. The van der Waals surface area contributed by atoms with Crippen LogP contribution in [0.4, 0.5) is 0 Å². The second-order valence-corrected chi connectivity index (χ2v) is 5.89. The molecule has 0 saturated heterocycles. The second-order valence-electron chi connectivity index (χ2n) is 4.30. The number of halogens is 2. The highest BCUT2D eigenvalue weighted by Crippen LogP contribution is 2.29. The van der Waals surface area contributed by atoms with Crippen LogP contribution in [0.5, 0.6) is 0 Å². The number of amides is 2. The Labute approximate surface area is 128 Å². The Morgan fingerprint density at radius 2 is 1.42 bits per heavy atom. The number of carbonyl (C=O) groups excluding carboxylic acids is 2. The van der Waals surface area contributed by atoms with E-state index in [-0.39, 0.29) is 27.2 Å². The number of carboxylic acids is 1. The molecule has 1 aliphatic heterocycles. The molecule has 0 aliphatic carbocycles. The predicted octanol–water partition coefficient (Wildman–Crippen LogP) is 2.78. The highest BCUT2D eigenvalue weighted by molar-refractivity contribution is 9.14. The van der Waals surface area contributed by atoms with Gasteiger partial charge in [-0.25, -0.2) is 0 Å². The lowest BCUT2D eigenvalue weighted by Crippen LogP contribution is -2.32. The first kappa shape index (κ1) is 16.4. The van der Waals surface area contributed by atoms with Crippen molar-refractivity contribution in [3.8, 4) is 0 Å². The van der Waals surface area contributed by atoms with Crippen LogP contribution in [-0.2, 0) is 14.4 Å². The highest BCUT2D eigenvalue weighted by atomic mass is 79.9. The lowest BCUT2D eigenvalue weighted by Gasteiger charge is -2.13. The summed E-state index contributed by atoms with van der Waals surface area (Å²) in [6.45, 7) is 0.404. The van der Waals surface area contributed by atoms with E-state index in [1.54, 1.807) is 0 Å². The molecule has 19 heavy (non-hydrogen) atoms. The van der Waals surface area contributed by atoms with Crippen LogP contribution in [0.3, 0.4) is 0 Å². The first-order chi connectivity index (χ1) is 8.95. The van der Waals surface area contributed by atoms with Crippen molar-refractivity contribution in [2.45, 2.75) is 38.5 Å². The minimum Gasteiger partial charge on any atom is -0.481 e. The van der Waals surface area contributed by atoms with Gasteiger partial charge in [0.15, 0.2) is 0 Å². The monoisotopic (exact) mass is 395 g/mol. The molecular weight excluding hydrogens is 382 g/mol. The minimum absolute atomic E-state index is 0.201. The molecule has 0 fully saturated rings. The van der Waals surface area contributed by atoms with Crippen molar-refractivity contribution in [2.24, 2.45) is 0 Å². The van der Waals surface area contributed by atoms with Gasteiger partial charge in [0.2, 0.25) is 0 Å². The highest BCUT2D eigenvalue weighted by Gasteiger charge is 2.35. The molecule has 0 aromatic heterocycles. The molecule has 1 aliphatic rings. The van der Waals surface area contributed by atoms with Crippen molar-refractivity contribution in [1.29, 1.82) is 0 Å². The van der Waals surface area contributed by atoms with Crippen LogP contribution in [0.25, 0.3) is 0 Å². The molecular formula is C12H15Br2NO4. The van der Waals surface area contributed by atoms with Gasteiger partial charge in [0.25, 0.3) is 11.8 Å². The van der Waals surface area contributed by atoms with Crippen LogP contribution >= 0.6 is 31.9 Å². The summed E-state index contributed by atoms with van der Waals surface area (Å²) in [5.41, 5.74) is 0. The maximum absolute atomic E-state index is 11.7. The van der Waals surface area contributed by atoms with Crippen LogP contribution in [0.15, 0.2) is 8.96 Å². The Bertz CT molecular complexity index is 396. The predicted molar refractivity (Wildman–Crippen MR) is 76.9 cm³/mol. The molecule has 0 radical (unpaired) electrons. The Kier molecular flexibility index (Phi) is 6.71. The zero-order valence-electron chi connectivity index (χ0n) is 10.3. The van der Waals surface area contributed by atoms with E-state index in [4.69, 9.17) is 5.11 Å². The summed E-state index contributed by atoms with van der Waals surface area (Å²) in [5, 5.41) is 8.47. The SMILES string of the molecule is O=C(O)CCCCCCCN1C(=O)C(Br)=C(Br)C1=O. The summed E-state index contributed by atoms with van der Waals surface area (Å²) in [4.78, 5) is 34.9. The molecule has 0 atom stereocenters. The van der Waals surface area contributed by atoms with E-state index < -0.39 is 5.97 Å². The summed E-state index contributed by atoms with van der Waals surface area (Å²) >= 11 is 6.14. The number of hydrogen-bond acceptors (Lipinski definition) is 3. The Morgan fingerprint density at radius 3 is 1.95 bits per heavy atom. The molecule has 1 heterocycles. The number of rotatable bonds is 8. The van der Waals surface area contributed by atoms with Gasteiger partial charge in [-0.15, -0.1) is 0 Å². The van der Waals surface area contributed by atoms with Crippen molar-refractivity contribution in [1.82, 2.24) is 4.90 Å². The fourth-order valence-electron chi connectivity index (χ4n) is 1.80. The quantitative estimate of drug-likeness (QED) is 0.505. The van der Waals surface area contributed by atoms with Crippen molar-refractivity contribution in [3.63, 3.8) is 0 Å². The molecule has 106 valence electrons. The third-order valence-electron chi connectivity index (χ3n) is 2.83. The Morgan fingerprint density at radius 1 is 0.947 bits per heavy atom. The molecule has 1 rings (SSSR count). The van der Waals surface area contributed by atoms with E-state index >= 15 is 0 Å². The third kappa shape index (κ3) is 4.72. The van der Waals surface area contributed by atoms with Gasteiger partial charge in [-0.05, 0) is 44.7 Å².